The molecule has 0 atom stereocenters. The van der Waals surface area contributed by atoms with Crippen molar-refractivity contribution in [3.63, 3.8) is 0 Å². The van der Waals surface area contributed by atoms with E-state index in [2.05, 4.69) is 5.32 Å². The molecule has 0 heterocycles. The minimum Gasteiger partial charge on any atom is -0.383 e. The fraction of sp³-hybridized carbons (Fsp3) is 0.417. The number of nitro benzene ring substituents is 1. The average molecular weight is 269 g/mol. The lowest BCUT2D eigenvalue weighted by Crippen LogP contribution is -2.27. The summed E-state index contributed by atoms with van der Waals surface area (Å²) in [6, 6.07) is 1.96. The molecule has 0 radical (unpaired) electrons. The number of hydrogen-bond donors (Lipinski definition) is 1. The first-order valence-electron chi connectivity index (χ1n) is 5.89. The summed E-state index contributed by atoms with van der Waals surface area (Å²) in [4.78, 5) is 23.5. The van der Waals surface area contributed by atoms with Gasteiger partial charge in [0.1, 0.15) is 5.56 Å². The number of hydrogen-bond acceptors (Lipinski definition) is 4. The van der Waals surface area contributed by atoms with E-state index < -0.39 is 22.3 Å². The zero-order valence-electron chi connectivity index (χ0n) is 11.1. The molecule has 0 fully saturated rings. The van der Waals surface area contributed by atoms with Crippen LogP contribution in [0.5, 0.6) is 0 Å². The highest BCUT2D eigenvalue weighted by molar-refractivity contribution is 5.99. The predicted octanol–water partition coefficient (Wildman–Crippen LogP) is 2.26. The SMILES string of the molecule is CCNc1cc(C(=O)N(C)CC)c([N+](=O)[O-])cc1F. The molecule has 0 unspecified atom stereocenters. The summed E-state index contributed by atoms with van der Waals surface area (Å²) < 4.78 is 13.6. The van der Waals surface area contributed by atoms with Crippen molar-refractivity contribution >= 4 is 17.3 Å². The van der Waals surface area contributed by atoms with E-state index in [0.29, 0.717) is 13.1 Å². The maximum Gasteiger partial charge on any atom is 0.285 e. The summed E-state index contributed by atoms with van der Waals surface area (Å²) >= 11 is 0. The molecule has 104 valence electrons. The standard InChI is InChI=1S/C12H16FN3O3/c1-4-14-10-6-8(12(17)15(3)5-2)11(16(18)19)7-9(10)13/h6-7,14H,4-5H2,1-3H3. The van der Waals surface area contributed by atoms with Crippen LogP contribution in [-0.2, 0) is 0 Å². The molecule has 0 aliphatic carbocycles. The highest BCUT2D eigenvalue weighted by Crippen LogP contribution is 2.27. The van der Waals surface area contributed by atoms with Gasteiger partial charge in [-0.25, -0.2) is 4.39 Å². The van der Waals surface area contributed by atoms with Crippen LogP contribution in [0, 0.1) is 15.9 Å². The Hall–Kier alpha value is -2.18. The van der Waals surface area contributed by atoms with Crippen molar-refractivity contribution in [3.05, 3.63) is 33.6 Å². The third-order valence-electron chi connectivity index (χ3n) is 2.70. The summed E-state index contributed by atoms with van der Waals surface area (Å²) in [6.45, 7) is 4.37. The fourth-order valence-corrected chi connectivity index (χ4v) is 1.56. The monoisotopic (exact) mass is 269 g/mol. The molecule has 0 bridgehead atoms. The van der Waals surface area contributed by atoms with E-state index in [1.807, 2.05) is 0 Å². The molecule has 19 heavy (non-hydrogen) atoms. The van der Waals surface area contributed by atoms with Gasteiger partial charge in [-0.3, -0.25) is 14.9 Å². The van der Waals surface area contributed by atoms with Gasteiger partial charge >= 0.3 is 0 Å². The van der Waals surface area contributed by atoms with Gasteiger partial charge in [-0.2, -0.15) is 0 Å². The number of rotatable bonds is 5. The van der Waals surface area contributed by atoms with Crippen molar-refractivity contribution in [2.45, 2.75) is 13.8 Å². The van der Waals surface area contributed by atoms with E-state index in [9.17, 15) is 19.3 Å². The summed E-state index contributed by atoms with van der Waals surface area (Å²) in [5, 5.41) is 13.6. The fourth-order valence-electron chi connectivity index (χ4n) is 1.56. The molecule has 0 spiro atoms. The second kappa shape index (κ2) is 6.12. The number of benzene rings is 1. The van der Waals surface area contributed by atoms with Crippen LogP contribution in [0.3, 0.4) is 0 Å². The first-order chi connectivity index (χ1) is 8.92. The summed E-state index contributed by atoms with van der Waals surface area (Å²) in [6.07, 6.45) is 0. The molecule has 0 aliphatic rings. The molecule has 6 nitrogen and oxygen atoms in total. The van der Waals surface area contributed by atoms with Gasteiger partial charge in [0.05, 0.1) is 16.7 Å². The average Bonchev–Trinajstić information content (AvgIpc) is 2.38. The lowest BCUT2D eigenvalue weighted by atomic mass is 10.1. The van der Waals surface area contributed by atoms with E-state index in [1.54, 1.807) is 13.8 Å². The van der Waals surface area contributed by atoms with Gasteiger partial charge in [-0.15, -0.1) is 0 Å². The predicted molar refractivity (Wildman–Crippen MR) is 69.9 cm³/mol. The zero-order chi connectivity index (χ0) is 14.6. The van der Waals surface area contributed by atoms with E-state index in [4.69, 9.17) is 0 Å². The topological polar surface area (TPSA) is 75.5 Å². The normalized spacial score (nSPS) is 10.1. The Morgan fingerprint density at radius 2 is 2.11 bits per heavy atom. The molecule has 1 aromatic carbocycles. The minimum atomic E-state index is -0.754. The third kappa shape index (κ3) is 3.18. The second-order valence-electron chi connectivity index (χ2n) is 3.96. The molecule has 0 saturated heterocycles. The second-order valence-corrected chi connectivity index (χ2v) is 3.96. The van der Waals surface area contributed by atoms with Crippen molar-refractivity contribution < 1.29 is 14.1 Å². The Kier molecular flexibility index (Phi) is 4.80. The van der Waals surface area contributed by atoms with Crippen LogP contribution in [-0.4, -0.2) is 35.9 Å². The van der Waals surface area contributed by atoms with Gasteiger partial charge in [0, 0.05) is 20.1 Å². The van der Waals surface area contributed by atoms with Crippen LogP contribution in [0.25, 0.3) is 0 Å². The Morgan fingerprint density at radius 1 is 1.47 bits per heavy atom. The number of nitro groups is 1. The summed E-state index contributed by atoms with van der Waals surface area (Å²) in [5.74, 6) is -1.25. The van der Waals surface area contributed by atoms with Crippen LogP contribution in [0.4, 0.5) is 15.8 Å². The van der Waals surface area contributed by atoms with Gasteiger partial charge in [0.15, 0.2) is 5.82 Å². The van der Waals surface area contributed by atoms with Crippen LogP contribution in [0.15, 0.2) is 12.1 Å². The number of halogens is 1. The van der Waals surface area contributed by atoms with Crippen LogP contribution >= 0.6 is 0 Å². The number of carbonyl (C=O) groups excluding carboxylic acids is 1. The van der Waals surface area contributed by atoms with Gasteiger partial charge < -0.3 is 10.2 Å². The lowest BCUT2D eigenvalue weighted by Gasteiger charge is -2.15. The molecule has 7 heteroatoms. The highest BCUT2D eigenvalue weighted by atomic mass is 19.1. The zero-order valence-corrected chi connectivity index (χ0v) is 11.1. The molecule has 0 aliphatic heterocycles. The molecular formula is C12H16FN3O3. The van der Waals surface area contributed by atoms with E-state index >= 15 is 0 Å². The first-order valence-corrected chi connectivity index (χ1v) is 5.89. The van der Waals surface area contributed by atoms with Gasteiger partial charge in [0.2, 0.25) is 0 Å². The van der Waals surface area contributed by atoms with Gasteiger partial charge in [-0.1, -0.05) is 0 Å². The molecular weight excluding hydrogens is 253 g/mol. The number of anilines is 1. The lowest BCUT2D eigenvalue weighted by molar-refractivity contribution is -0.385. The quantitative estimate of drug-likeness (QED) is 0.657. The van der Waals surface area contributed by atoms with E-state index in [0.717, 1.165) is 6.07 Å². The molecule has 0 aromatic heterocycles. The van der Waals surface area contributed by atoms with E-state index in [1.165, 1.54) is 18.0 Å². The molecule has 1 rings (SSSR count). The Balaban J connectivity index is 3.37. The van der Waals surface area contributed by atoms with Crippen molar-refractivity contribution in [2.24, 2.45) is 0 Å². The molecule has 1 N–H and O–H groups in total. The first kappa shape index (κ1) is 14.9. The van der Waals surface area contributed by atoms with Crippen LogP contribution in [0.1, 0.15) is 24.2 Å². The Labute approximate surface area is 110 Å². The number of nitrogens with one attached hydrogen (secondary N) is 1. The number of carbonyl (C=O) groups is 1. The Morgan fingerprint density at radius 3 is 2.58 bits per heavy atom. The molecule has 0 saturated carbocycles. The largest absolute Gasteiger partial charge is 0.383 e. The molecule has 1 aromatic rings. The minimum absolute atomic E-state index is 0.0842. The van der Waals surface area contributed by atoms with Crippen molar-refractivity contribution in [3.8, 4) is 0 Å². The maximum absolute atomic E-state index is 13.6. The van der Waals surface area contributed by atoms with Crippen LogP contribution < -0.4 is 5.32 Å². The molecule has 1 amide bonds. The van der Waals surface area contributed by atoms with Gasteiger partial charge in [-0.05, 0) is 19.9 Å². The van der Waals surface area contributed by atoms with E-state index in [-0.39, 0.29) is 11.3 Å². The van der Waals surface area contributed by atoms with Crippen molar-refractivity contribution in [1.29, 1.82) is 0 Å². The highest BCUT2D eigenvalue weighted by Gasteiger charge is 2.25. The van der Waals surface area contributed by atoms with Crippen molar-refractivity contribution in [1.82, 2.24) is 4.90 Å². The summed E-state index contributed by atoms with van der Waals surface area (Å²) in [5.41, 5.74) is -0.558. The van der Waals surface area contributed by atoms with Gasteiger partial charge in [0.25, 0.3) is 11.6 Å². The Bertz CT molecular complexity index is 505. The maximum atomic E-state index is 13.6. The third-order valence-corrected chi connectivity index (χ3v) is 2.70. The van der Waals surface area contributed by atoms with Crippen molar-refractivity contribution in [2.75, 3.05) is 25.5 Å². The summed E-state index contributed by atoms with van der Waals surface area (Å²) in [7, 11) is 1.53. The smallest absolute Gasteiger partial charge is 0.285 e. The number of amides is 1. The van der Waals surface area contributed by atoms with Crippen LogP contribution in [0.2, 0.25) is 0 Å². The number of nitrogens with zero attached hydrogens (tertiary/aromatic N) is 2.